The molecule has 0 saturated carbocycles. The third kappa shape index (κ3) is 20.2. The van der Waals surface area contributed by atoms with E-state index >= 15 is 0 Å². The van der Waals surface area contributed by atoms with Gasteiger partial charge in [0.15, 0.2) is 0 Å². The van der Waals surface area contributed by atoms with Gasteiger partial charge in [-0.15, -0.1) is 0 Å². The van der Waals surface area contributed by atoms with Crippen molar-refractivity contribution in [1.82, 2.24) is 0 Å². The molecule has 0 heterocycles. The number of unbranched alkanes of at least 4 members (excludes halogenated alkanes) is 1. The molecule has 0 bridgehead atoms. The first-order valence-corrected chi connectivity index (χ1v) is 4.27. The van der Waals surface area contributed by atoms with Crippen molar-refractivity contribution >= 4 is 14.2 Å². The Morgan fingerprint density at radius 3 is 1.83 bits per heavy atom. The van der Waals surface area contributed by atoms with Crippen LogP contribution in [0.5, 0.6) is 0 Å². The van der Waals surface area contributed by atoms with Crippen molar-refractivity contribution in [2.45, 2.75) is 19.8 Å². The first kappa shape index (κ1) is 10.1. The third-order valence-electron chi connectivity index (χ3n) is 0.354. The van der Waals surface area contributed by atoms with E-state index in [0.29, 0.717) is 0 Å². The fourth-order valence-corrected chi connectivity index (χ4v) is 0. The number of rotatable bonds is 1. The van der Waals surface area contributed by atoms with E-state index in [1.165, 1.54) is 6.42 Å². The second-order valence-electron chi connectivity index (χ2n) is 0.854. The van der Waals surface area contributed by atoms with Crippen molar-refractivity contribution in [3.05, 3.63) is 6.92 Å². The quantitative estimate of drug-likeness (QED) is 0.446. The zero-order valence-corrected chi connectivity index (χ0v) is 6.39. The van der Waals surface area contributed by atoms with Crippen LogP contribution in [0.1, 0.15) is 19.8 Å². The predicted molar refractivity (Wildman–Crippen MR) is 29.2 cm³/mol. The molecule has 0 spiro atoms. The van der Waals surface area contributed by atoms with Gasteiger partial charge in [0.2, 0.25) is 0 Å². The van der Waals surface area contributed by atoms with Gasteiger partial charge in [-0.3, -0.25) is 0 Å². The average Bonchev–Trinajstić information content (AvgIpc) is 1.72. The molecular weight excluding hydrogens is 187 g/mol. The number of hydrogen-bond donors (Lipinski definition) is 0. The summed E-state index contributed by atoms with van der Waals surface area (Å²) >= 11 is 6.25. The van der Waals surface area contributed by atoms with E-state index in [0.717, 1.165) is 6.42 Å². The van der Waals surface area contributed by atoms with Gasteiger partial charge in [-0.25, -0.2) is 0 Å². The van der Waals surface area contributed by atoms with Crippen LogP contribution in [0.4, 0.5) is 0 Å². The second kappa shape index (κ2) is 16.7. The van der Waals surface area contributed by atoms with Crippen LogP contribution in [-0.2, 0) is 13.7 Å². The third-order valence-corrected chi connectivity index (χ3v) is 0.354. The summed E-state index contributed by atoms with van der Waals surface area (Å²) < 4.78 is 0. The normalized spacial score (nSPS) is 6.17. The Hall–Kier alpha value is 0.974. The predicted octanol–water partition coefficient (Wildman–Crippen LogP) is 2.46. The van der Waals surface area contributed by atoms with Crippen molar-refractivity contribution in [3.8, 4) is 0 Å². The van der Waals surface area contributed by atoms with Gasteiger partial charge < -0.3 is 6.92 Å². The van der Waals surface area contributed by atoms with Gasteiger partial charge in [-0.1, -0.05) is 13.3 Å². The van der Waals surface area contributed by atoms with Crippen LogP contribution in [0.15, 0.2) is 0 Å². The fourth-order valence-electron chi connectivity index (χ4n) is 0. The Balaban J connectivity index is 0. The van der Waals surface area contributed by atoms with Gasteiger partial charge in [-0.05, 0) is 0 Å². The topological polar surface area (TPSA) is 0 Å². The standard InChI is InChI=1S/C4H9.BrH.Ni/c1-3-4-2;;/h1,3-4H2,2H3;1H;/q-1;;+1/p-1. The van der Waals surface area contributed by atoms with Crippen molar-refractivity contribution in [2.75, 3.05) is 0 Å². The van der Waals surface area contributed by atoms with E-state index in [9.17, 15) is 0 Å². The van der Waals surface area contributed by atoms with E-state index < -0.39 is 0 Å². The van der Waals surface area contributed by atoms with Crippen LogP contribution >= 0.6 is 14.2 Å². The first-order valence-electron chi connectivity index (χ1n) is 1.83. The Morgan fingerprint density at radius 2 is 1.83 bits per heavy atom. The Labute approximate surface area is 54.8 Å². The maximum atomic E-state index is 3.69. The summed E-state index contributed by atoms with van der Waals surface area (Å²) in [5.74, 6) is 0. The summed E-state index contributed by atoms with van der Waals surface area (Å²) in [4.78, 5) is 0. The summed E-state index contributed by atoms with van der Waals surface area (Å²) in [5, 5.41) is 0. The molecule has 0 nitrogen and oxygen atoms in total. The summed E-state index contributed by atoms with van der Waals surface area (Å²) in [7, 11) is 0. The van der Waals surface area contributed by atoms with Crippen LogP contribution in [0.2, 0.25) is 0 Å². The first-order chi connectivity index (χ1) is 2.91. The van der Waals surface area contributed by atoms with Crippen LogP contribution in [0.25, 0.3) is 0 Å². The Kier molecular flexibility index (Phi) is 28.0. The fraction of sp³-hybridized carbons (Fsp3) is 0.750. The molecule has 0 aromatic carbocycles. The van der Waals surface area contributed by atoms with Gasteiger partial charge in [-0.2, -0.15) is 6.42 Å². The molecule has 0 rings (SSSR count). The molecule has 6 heavy (non-hydrogen) atoms. The van der Waals surface area contributed by atoms with E-state index in [2.05, 4.69) is 41.8 Å². The molecule has 0 aliphatic rings. The molecule has 2 heteroatoms. The molecule has 0 aliphatic carbocycles. The molecule has 0 amide bonds. The second-order valence-corrected chi connectivity index (χ2v) is 0.854. The van der Waals surface area contributed by atoms with Crippen molar-refractivity contribution in [2.24, 2.45) is 0 Å². The average molecular weight is 196 g/mol. The number of halogens is 1. The molecule has 0 aromatic rings. The number of hydrogen-bond acceptors (Lipinski definition) is 0. The monoisotopic (exact) mass is 194 g/mol. The van der Waals surface area contributed by atoms with Crippen LogP contribution in [0, 0.1) is 6.92 Å². The van der Waals surface area contributed by atoms with E-state index in [4.69, 9.17) is 0 Å². The molecule has 0 aromatic heterocycles. The van der Waals surface area contributed by atoms with Gasteiger partial charge in [0.1, 0.15) is 0 Å². The summed E-state index contributed by atoms with van der Waals surface area (Å²) in [6.07, 6.45) is 2.28. The molecule has 0 N–H and O–H groups in total. The van der Waals surface area contributed by atoms with Gasteiger partial charge in [0.25, 0.3) is 0 Å². The summed E-state index contributed by atoms with van der Waals surface area (Å²) in [6.45, 7) is 5.72. The minimum absolute atomic E-state index is 1.07. The van der Waals surface area contributed by atoms with Crippen LogP contribution < -0.4 is 0 Å². The molecule has 0 atom stereocenters. The maximum absolute atomic E-state index is 3.69. The molecular formula is C4H9BrNi-. The molecule has 0 saturated heterocycles. The minimum atomic E-state index is 1.07. The van der Waals surface area contributed by atoms with Gasteiger partial charge >= 0.3 is 27.9 Å². The van der Waals surface area contributed by atoms with E-state index in [1.54, 1.807) is 0 Å². The van der Waals surface area contributed by atoms with E-state index in [-0.39, 0.29) is 0 Å². The molecule has 0 radical (unpaired) electrons. The van der Waals surface area contributed by atoms with E-state index in [1.807, 2.05) is 0 Å². The summed E-state index contributed by atoms with van der Waals surface area (Å²) in [5.41, 5.74) is 0. The van der Waals surface area contributed by atoms with Crippen LogP contribution in [-0.4, -0.2) is 0 Å². The zero-order valence-electron chi connectivity index (χ0n) is 3.82. The van der Waals surface area contributed by atoms with Gasteiger partial charge in [0.05, 0.1) is 0 Å². The SMILES string of the molecule is [CH2-]CCC.[Ni][Br]. The molecule has 0 unspecified atom stereocenters. The van der Waals surface area contributed by atoms with Gasteiger partial charge in [0, 0.05) is 0 Å². The Morgan fingerprint density at radius 1 is 1.67 bits per heavy atom. The van der Waals surface area contributed by atoms with Crippen molar-refractivity contribution < 1.29 is 13.7 Å². The summed E-state index contributed by atoms with van der Waals surface area (Å²) in [6, 6.07) is 0. The molecule has 0 aliphatic heterocycles. The van der Waals surface area contributed by atoms with Crippen molar-refractivity contribution in [1.29, 1.82) is 0 Å². The van der Waals surface area contributed by atoms with Crippen LogP contribution in [0.3, 0.4) is 0 Å². The Bertz CT molecular complexity index is 9.51. The molecule has 0 fully saturated rings. The van der Waals surface area contributed by atoms with Crippen molar-refractivity contribution in [3.63, 3.8) is 0 Å². The molecule has 43 valence electrons. The zero-order chi connectivity index (χ0) is 5.41.